The number of carbonyl (C=O) groups excluding carboxylic acids is 2. The molecule has 0 saturated heterocycles. The van der Waals surface area contributed by atoms with E-state index in [1.54, 1.807) is 13.8 Å². The third-order valence-electron chi connectivity index (χ3n) is 0.985. The summed E-state index contributed by atoms with van der Waals surface area (Å²) < 4.78 is 4.27. The van der Waals surface area contributed by atoms with E-state index in [1.165, 1.54) is 0 Å². The molecule has 0 heterocycles. The minimum atomic E-state index is -0.894. The van der Waals surface area contributed by atoms with Crippen molar-refractivity contribution in [1.82, 2.24) is 5.32 Å². The second-order valence-electron chi connectivity index (χ2n) is 2.30. The number of hydrogen-bond donors (Lipinski definition) is 2. The maximum Gasteiger partial charge on any atom is 0.406 e. The van der Waals surface area contributed by atoms with Crippen molar-refractivity contribution < 1.29 is 14.3 Å². The standard InChI is InChI=1S/C6H12N2O3/c1-4(2)5(9)8-3-11-6(7)10/h4H,3H2,1-2H3,(H2,7,10)(H,8,9). The first kappa shape index (κ1) is 9.74. The lowest BCUT2D eigenvalue weighted by molar-refractivity contribution is -0.125. The smallest absolute Gasteiger partial charge is 0.406 e. The molecule has 0 aliphatic heterocycles. The summed E-state index contributed by atoms with van der Waals surface area (Å²) in [5.74, 6) is -0.294. The molecule has 0 aliphatic carbocycles. The van der Waals surface area contributed by atoms with E-state index in [-0.39, 0.29) is 18.6 Å². The summed E-state index contributed by atoms with van der Waals surface area (Å²) in [5, 5.41) is 2.35. The van der Waals surface area contributed by atoms with Crippen molar-refractivity contribution in [3.8, 4) is 0 Å². The first-order valence-corrected chi connectivity index (χ1v) is 3.24. The molecule has 0 aromatic rings. The zero-order valence-electron chi connectivity index (χ0n) is 6.59. The second kappa shape index (κ2) is 4.54. The van der Waals surface area contributed by atoms with Gasteiger partial charge >= 0.3 is 6.09 Å². The van der Waals surface area contributed by atoms with Crippen LogP contribution in [0.4, 0.5) is 4.79 Å². The predicted octanol–water partition coefficient (Wildman–Crippen LogP) is -0.189. The number of ether oxygens (including phenoxy) is 1. The van der Waals surface area contributed by atoms with Gasteiger partial charge in [0.2, 0.25) is 5.91 Å². The number of nitrogens with two attached hydrogens (primary N) is 1. The Morgan fingerprint density at radius 1 is 1.55 bits per heavy atom. The van der Waals surface area contributed by atoms with Gasteiger partial charge in [-0.25, -0.2) is 4.79 Å². The number of amides is 2. The Hall–Kier alpha value is -1.26. The van der Waals surface area contributed by atoms with Crippen LogP contribution in [-0.4, -0.2) is 18.7 Å². The molecule has 11 heavy (non-hydrogen) atoms. The van der Waals surface area contributed by atoms with Gasteiger partial charge < -0.3 is 15.8 Å². The van der Waals surface area contributed by atoms with Crippen LogP contribution in [-0.2, 0) is 9.53 Å². The van der Waals surface area contributed by atoms with Crippen molar-refractivity contribution >= 4 is 12.0 Å². The number of nitrogens with one attached hydrogen (secondary N) is 1. The van der Waals surface area contributed by atoms with Gasteiger partial charge in [-0.3, -0.25) is 4.79 Å². The van der Waals surface area contributed by atoms with Crippen molar-refractivity contribution in [3.05, 3.63) is 0 Å². The SMILES string of the molecule is CC(C)C(=O)NCOC(N)=O. The number of rotatable bonds is 3. The van der Waals surface area contributed by atoms with Crippen molar-refractivity contribution in [1.29, 1.82) is 0 Å². The van der Waals surface area contributed by atoms with Crippen molar-refractivity contribution in [2.45, 2.75) is 13.8 Å². The molecule has 5 heteroatoms. The molecule has 64 valence electrons. The molecule has 5 nitrogen and oxygen atoms in total. The monoisotopic (exact) mass is 160 g/mol. The summed E-state index contributed by atoms with van der Waals surface area (Å²) in [4.78, 5) is 20.8. The zero-order chi connectivity index (χ0) is 8.85. The Bertz CT molecular complexity index is 156. The molecule has 0 spiro atoms. The van der Waals surface area contributed by atoms with E-state index >= 15 is 0 Å². The van der Waals surface area contributed by atoms with E-state index in [4.69, 9.17) is 0 Å². The molecular weight excluding hydrogens is 148 g/mol. The molecule has 3 N–H and O–H groups in total. The Morgan fingerprint density at radius 2 is 2.09 bits per heavy atom. The highest BCUT2D eigenvalue weighted by molar-refractivity contribution is 5.77. The van der Waals surface area contributed by atoms with Gasteiger partial charge in [0.15, 0.2) is 6.73 Å². The van der Waals surface area contributed by atoms with Crippen LogP contribution in [0.25, 0.3) is 0 Å². The topological polar surface area (TPSA) is 81.4 Å². The van der Waals surface area contributed by atoms with E-state index in [0.717, 1.165) is 0 Å². The minimum Gasteiger partial charge on any atom is -0.428 e. The van der Waals surface area contributed by atoms with Crippen molar-refractivity contribution in [3.63, 3.8) is 0 Å². The Kier molecular flexibility index (Phi) is 4.02. The Morgan fingerprint density at radius 3 is 2.45 bits per heavy atom. The lowest BCUT2D eigenvalue weighted by atomic mass is 10.2. The van der Waals surface area contributed by atoms with Crippen LogP contribution in [0.2, 0.25) is 0 Å². The largest absolute Gasteiger partial charge is 0.428 e. The highest BCUT2D eigenvalue weighted by Gasteiger charge is 2.05. The highest BCUT2D eigenvalue weighted by atomic mass is 16.6. The fourth-order valence-electron chi connectivity index (χ4n) is 0.382. The molecule has 0 rings (SSSR count). The molecule has 0 fully saturated rings. The summed E-state index contributed by atoms with van der Waals surface area (Å²) in [6.07, 6.45) is -0.894. The van der Waals surface area contributed by atoms with Crippen LogP contribution in [0.5, 0.6) is 0 Å². The van der Waals surface area contributed by atoms with Gasteiger partial charge in [-0.1, -0.05) is 13.8 Å². The summed E-state index contributed by atoms with van der Waals surface area (Å²) in [5.41, 5.74) is 4.64. The molecule has 0 aliphatic rings. The van der Waals surface area contributed by atoms with Crippen LogP contribution in [0.15, 0.2) is 0 Å². The molecule has 0 bridgehead atoms. The predicted molar refractivity (Wildman–Crippen MR) is 38.5 cm³/mol. The van der Waals surface area contributed by atoms with Gasteiger partial charge in [0, 0.05) is 5.92 Å². The van der Waals surface area contributed by atoms with E-state index < -0.39 is 6.09 Å². The maximum absolute atomic E-state index is 10.8. The summed E-state index contributed by atoms with van der Waals surface area (Å²) in [6, 6.07) is 0. The van der Waals surface area contributed by atoms with Crippen LogP contribution in [0.3, 0.4) is 0 Å². The van der Waals surface area contributed by atoms with E-state index in [9.17, 15) is 9.59 Å². The third kappa shape index (κ3) is 5.20. The first-order chi connectivity index (χ1) is 5.04. The molecule has 0 radical (unpaired) electrons. The Balaban J connectivity index is 3.39. The fraction of sp³-hybridized carbons (Fsp3) is 0.667. The Labute approximate surface area is 64.9 Å². The van der Waals surface area contributed by atoms with Crippen molar-refractivity contribution in [2.75, 3.05) is 6.73 Å². The second-order valence-corrected chi connectivity index (χ2v) is 2.30. The van der Waals surface area contributed by atoms with E-state index in [1.807, 2.05) is 0 Å². The normalized spacial score (nSPS) is 9.36. The summed E-state index contributed by atoms with van der Waals surface area (Å²) in [7, 11) is 0. The van der Waals surface area contributed by atoms with Gasteiger partial charge in [0.05, 0.1) is 0 Å². The van der Waals surface area contributed by atoms with E-state index in [0.29, 0.717) is 0 Å². The van der Waals surface area contributed by atoms with Crippen molar-refractivity contribution in [2.24, 2.45) is 11.7 Å². The molecule has 0 unspecified atom stereocenters. The quantitative estimate of drug-likeness (QED) is 0.561. The number of hydrogen-bond acceptors (Lipinski definition) is 3. The third-order valence-corrected chi connectivity index (χ3v) is 0.985. The fourth-order valence-corrected chi connectivity index (χ4v) is 0.382. The lowest BCUT2D eigenvalue weighted by Gasteiger charge is -2.06. The molecule has 0 aromatic heterocycles. The zero-order valence-corrected chi connectivity index (χ0v) is 6.59. The van der Waals surface area contributed by atoms with Crippen LogP contribution >= 0.6 is 0 Å². The van der Waals surface area contributed by atoms with Gasteiger partial charge in [-0.15, -0.1) is 0 Å². The minimum absolute atomic E-state index is 0.119. The molecule has 0 aromatic carbocycles. The average molecular weight is 160 g/mol. The molecule has 2 amide bonds. The van der Waals surface area contributed by atoms with Crippen LogP contribution in [0.1, 0.15) is 13.8 Å². The molecule has 0 saturated carbocycles. The molecule has 0 atom stereocenters. The highest BCUT2D eigenvalue weighted by Crippen LogP contribution is 1.89. The van der Waals surface area contributed by atoms with E-state index in [2.05, 4.69) is 15.8 Å². The maximum atomic E-state index is 10.8. The van der Waals surface area contributed by atoms with Gasteiger partial charge in [-0.2, -0.15) is 0 Å². The summed E-state index contributed by atoms with van der Waals surface area (Å²) >= 11 is 0. The first-order valence-electron chi connectivity index (χ1n) is 3.24. The number of primary amides is 1. The number of carbonyl (C=O) groups is 2. The van der Waals surface area contributed by atoms with Gasteiger partial charge in [0.25, 0.3) is 0 Å². The average Bonchev–Trinajstić information content (AvgIpc) is 1.86. The van der Waals surface area contributed by atoms with Gasteiger partial charge in [0.1, 0.15) is 0 Å². The molecular formula is C6H12N2O3. The van der Waals surface area contributed by atoms with Crippen LogP contribution < -0.4 is 11.1 Å². The summed E-state index contributed by atoms with van der Waals surface area (Å²) in [6.45, 7) is 3.31. The van der Waals surface area contributed by atoms with Gasteiger partial charge in [-0.05, 0) is 0 Å². The lowest BCUT2D eigenvalue weighted by Crippen LogP contribution is -2.32. The van der Waals surface area contributed by atoms with Crippen LogP contribution in [0, 0.1) is 5.92 Å².